The summed E-state index contributed by atoms with van der Waals surface area (Å²) in [6.45, 7) is 10.5. The summed E-state index contributed by atoms with van der Waals surface area (Å²) in [4.78, 5) is 23.8. The molecule has 1 saturated heterocycles. The van der Waals surface area contributed by atoms with Gasteiger partial charge in [-0.05, 0) is 26.2 Å². The predicted octanol–water partition coefficient (Wildman–Crippen LogP) is 5.51. The van der Waals surface area contributed by atoms with Gasteiger partial charge in [-0.15, -0.1) is 6.58 Å². The van der Waals surface area contributed by atoms with Crippen LogP contribution < -0.4 is 0 Å². The first kappa shape index (κ1) is 22.9. The second kappa shape index (κ2) is 15.4. The van der Waals surface area contributed by atoms with E-state index in [4.69, 9.17) is 4.74 Å². The molecule has 4 heteroatoms. The average Bonchev–Trinajstić information content (AvgIpc) is 3.07. The molecule has 0 aromatic heterocycles. The zero-order valence-corrected chi connectivity index (χ0v) is 16.0. The number of ether oxygens (including phenoxy) is 1. The number of hydrogen-bond donors (Lipinski definition) is 0. The highest BCUT2D eigenvalue weighted by atomic mass is 16.6. The fourth-order valence-corrected chi connectivity index (χ4v) is 2.21. The Morgan fingerprint density at radius 1 is 1.16 bits per heavy atom. The molecule has 1 aliphatic heterocycles. The first-order valence-corrected chi connectivity index (χ1v) is 9.25. The van der Waals surface area contributed by atoms with E-state index in [9.17, 15) is 9.59 Å². The van der Waals surface area contributed by atoms with E-state index in [0.717, 1.165) is 32.1 Å². The van der Waals surface area contributed by atoms with Crippen LogP contribution in [0.2, 0.25) is 0 Å². The summed E-state index contributed by atoms with van der Waals surface area (Å²) in [5, 5.41) is 0. The van der Waals surface area contributed by atoms with Gasteiger partial charge in [0, 0.05) is 6.42 Å². The fraction of sp³-hybridized carbons (Fsp3) is 0.524. The van der Waals surface area contributed by atoms with E-state index in [1.807, 2.05) is 38.1 Å². The number of imide groups is 1. The maximum Gasteiger partial charge on any atom is 0.416 e. The summed E-state index contributed by atoms with van der Waals surface area (Å²) in [5.41, 5.74) is 1.32. The predicted molar refractivity (Wildman–Crippen MR) is 103 cm³/mol. The van der Waals surface area contributed by atoms with E-state index in [1.54, 1.807) is 0 Å². The van der Waals surface area contributed by atoms with Gasteiger partial charge in [0.2, 0.25) is 5.91 Å². The Balaban J connectivity index is 0.000000530. The van der Waals surface area contributed by atoms with Crippen molar-refractivity contribution in [1.82, 2.24) is 4.90 Å². The van der Waals surface area contributed by atoms with Gasteiger partial charge < -0.3 is 4.74 Å². The lowest BCUT2D eigenvalue weighted by molar-refractivity contribution is -0.127. The van der Waals surface area contributed by atoms with Crippen molar-refractivity contribution in [3.8, 4) is 0 Å². The second-order valence-electron chi connectivity index (χ2n) is 5.56. The van der Waals surface area contributed by atoms with E-state index in [-0.39, 0.29) is 5.91 Å². The van der Waals surface area contributed by atoms with Crippen LogP contribution in [0.25, 0.3) is 0 Å². The SMILES string of the molecule is C=CCCCCCCC(=O)N1CCOC1=O.CC.Cc1ccccc1. The van der Waals surface area contributed by atoms with Crippen molar-refractivity contribution >= 4 is 12.0 Å². The molecule has 0 bridgehead atoms. The summed E-state index contributed by atoms with van der Waals surface area (Å²) >= 11 is 0. The smallest absolute Gasteiger partial charge is 0.416 e. The maximum absolute atomic E-state index is 11.6. The maximum atomic E-state index is 11.6. The number of benzene rings is 1. The third kappa shape index (κ3) is 11.1. The lowest BCUT2D eigenvalue weighted by Crippen LogP contribution is -2.31. The fourth-order valence-electron chi connectivity index (χ4n) is 2.21. The third-order valence-electron chi connectivity index (χ3n) is 3.55. The Hall–Kier alpha value is -2.10. The standard InChI is InChI=1S/C12H19NO3.C7H8.C2H6/c1-2-3-4-5-6-7-8-11(14)13-9-10-16-12(13)15;1-7-5-3-2-4-6-7;1-2/h2H,1,3-10H2;2-6H,1H3;1-2H3. The molecule has 0 aliphatic carbocycles. The van der Waals surface area contributed by atoms with Gasteiger partial charge in [0.15, 0.2) is 0 Å². The number of allylic oxidation sites excluding steroid dienone is 1. The molecule has 0 N–H and O–H groups in total. The Bertz CT molecular complexity index is 485. The van der Waals surface area contributed by atoms with Crippen LogP contribution in [0.4, 0.5) is 4.79 Å². The highest BCUT2D eigenvalue weighted by Crippen LogP contribution is 2.10. The molecule has 0 radical (unpaired) electrons. The lowest BCUT2D eigenvalue weighted by Gasteiger charge is -2.09. The number of unbranched alkanes of at least 4 members (excludes halogenated alkanes) is 4. The van der Waals surface area contributed by atoms with Gasteiger partial charge in [0.25, 0.3) is 0 Å². The van der Waals surface area contributed by atoms with Gasteiger partial charge in [0.1, 0.15) is 6.61 Å². The second-order valence-corrected chi connectivity index (χ2v) is 5.56. The molecule has 25 heavy (non-hydrogen) atoms. The molecule has 2 rings (SSSR count). The molecule has 1 heterocycles. The van der Waals surface area contributed by atoms with Gasteiger partial charge in [-0.25, -0.2) is 9.69 Å². The van der Waals surface area contributed by atoms with Crippen LogP contribution in [-0.2, 0) is 9.53 Å². The molecule has 0 atom stereocenters. The number of cyclic esters (lactones) is 1. The topological polar surface area (TPSA) is 46.6 Å². The Kier molecular flexibility index (Phi) is 14.1. The highest BCUT2D eigenvalue weighted by molar-refractivity contribution is 5.92. The highest BCUT2D eigenvalue weighted by Gasteiger charge is 2.27. The van der Waals surface area contributed by atoms with Crippen molar-refractivity contribution in [2.75, 3.05) is 13.2 Å². The summed E-state index contributed by atoms with van der Waals surface area (Å²) in [6, 6.07) is 10.3. The summed E-state index contributed by atoms with van der Waals surface area (Å²) in [5.74, 6) is -0.105. The summed E-state index contributed by atoms with van der Waals surface area (Å²) < 4.78 is 4.70. The van der Waals surface area contributed by atoms with Crippen molar-refractivity contribution < 1.29 is 14.3 Å². The molecule has 1 aliphatic rings. The molecular formula is C21H33NO3. The minimum atomic E-state index is -0.489. The minimum absolute atomic E-state index is 0.105. The number of amides is 2. The van der Waals surface area contributed by atoms with Crippen molar-refractivity contribution in [3.63, 3.8) is 0 Å². The van der Waals surface area contributed by atoms with Crippen molar-refractivity contribution in [1.29, 1.82) is 0 Å². The largest absolute Gasteiger partial charge is 0.447 e. The van der Waals surface area contributed by atoms with Gasteiger partial charge in [-0.1, -0.05) is 68.7 Å². The molecule has 4 nitrogen and oxygen atoms in total. The average molecular weight is 347 g/mol. The summed E-state index contributed by atoms with van der Waals surface area (Å²) in [6.07, 6.45) is 7.02. The van der Waals surface area contributed by atoms with Gasteiger partial charge >= 0.3 is 6.09 Å². The number of hydrogen-bond acceptors (Lipinski definition) is 3. The Morgan fingerprint density at radius 3 is 2.28 bits per heavy atom. The first-order chi connectivity index (χ1) is 12.1. The van der Waals surface area contributed by atoms with Crippen LogP contribution in [0.15, 0.2) is 43.0 Å². The zero-order valence-electron chi connectivity index (χ0n) is 16.0. The molecule has 1 aromatic rings. The van der Waals surface area contributed by atoms with Crippen LogP contribution in [0, 0.1) is 6.92 Å². The number of nitrogens with zero attached hydrogens (tertiary/aromatic N) is 1. The van der Waals surface area contributed by atoms with Crippen molar-refractivity contribution in [2.45, 2.75) is 59.3 Å². The monoisotopic (exact) mass is 347 g/mol. The van der Waals surface area contributed by atoms with E-state index < -0.39 is 6.09 Å². The van der Waals surface area contributed by atoms with Gasteiger partial charge in [-0.2, -0.15) is 0 Å². The van der Waals surface area contributed by atoms with Crippen LogP contribution in [0.3, 0.4) is 0 Å². The minimum Gasteiger partial charge on any atom is -0.447 e. The molecule has 1 fully saturated rings. The molecule has 2 amide bonds. The van der Waals surface area contributed by atoms with Crippen LogP contribution in [0.1, 0.15) is 57.9 Å². The molecule has 0 spiro atoms. The van der Waals surface area contributed by atoms with Crippen LogP contribution >= 0.6 is 0 Å². The molecule has 1 aromatic carbocycles. The van der Waals surface area contributed by atoms with E-state index >= 15 is 0 Å². The molecule has 0 saturated carbocycles. The number of carbonyl (C=O) groups excluding carboxylic acids is 2. The van der Waals surface area contributed by atoms with Crippen molar-refractivity contribution in [3.05, 3.63) is 48.6 Å². The van der Waals surface area contributed by atoms with Crippen LogP contribution in [-0.4, -0.2) is 30.1 Å². The lowest BCUT2D eigenvalue weighted by atomic mass is 10.1. The normalized spacial score (nSPS) is 12.3. The Labute approximate surface area is 152 Å². The van der Waals surface area contributed by atoms with Gasteiger partial charge in [0.05, 0.1) is 6.54 Å². The quantitative estimate of drug-likeness (QED) is 0.482. The molecular weight excluding hydrogens is 314 g/mol. The Morgan fingerprint density at radius 2 is 1.80 bits per heavy atom. The van der Waals surface area contributed by atoms with E-state index in [1.165, 1.54) is 10.5 Å². The van der Waals surface area contributed by atoms with Crippen molar-refractivity contribution in [2.24, 2.45) is 0 Å². The van der Waals surface area contributed by atoms with E-state index in [0.29, 0.717) is 19.6 Å². The number of rotatable bonds is 7. The number of carbonyl (C=O) groups is 2. The van der Waals surface area contributed by atoms with Crippen LogP contribution in [0.5, 0.6) is 0 Å². The number of aryl methyl sites for hydroxylation is 1. The summed E-state index contributed by atoms with van der Waals surface area (Å²) in [7, 11) is 0. The molecule has 140 valence electrons. The first-order valence-electron chi connectivity index (χ1n) is 9.25. The zero-order chi connectivity index (χ0) is 18.9. The van der Waals surface area contributed by atoms with E-state index in [2.05, 4.69) is 25.6 Å². The van der Waals surface area contributed by atoms with Gasteiger partial charge in [-0.3, -0.25) is 4.79 Å². The molecule has 0 unspecified atom stereocenters. The third-order valence-corrected chi connectivity index (χ3v) is 3.55.